The van der Waals surface area contributed by atoms with Gasteiger partial charge < -0.3 is 4.90 Å². The molecule has 0 amide bonds. The van der Waals surface area contributed by atoms with Crippen molar-refractivity contribution < 1.29 is 0 Å². The van der Waals surface area contributed by atoms with Gasteiger partial charge in [0.15, 0.2) is 0 Å². The Kier molecular flexibility index (Phi) is 8.43. The maximum atomic E-state index is 2.45. The van der Waals surface area contributed by atoms with Gasteiger partial charge >= 0.3 is 0 Å². The Morgan fingerprint density at radius 1 is 0.339 bits per heavy atom. The molecule has 11 rings (SSSR count). The van der Waals surface area contributed by atoms with E-state index in [9.17, 15) is 0 Å². The van der Waals surface area contributed by atoms with Crippen molar-refractivity contribution in [2.75, 3.05) is 4.90 Å². The van der Waals surface area contributed by atoms with Crippen molar-refractivity contribution in [1.82, 2.24) is 0 Å². The predicted octanol–water partition coefficient (Wildman–Crippen LogP) is 16.5. The largest absolute Gasteiger partial charge is 0.310 e. The summed E-state index contributed by atoms with van der Waals surface area (Å²) in [6.45, 7) is 4.71. The molecule has 2 heteroatoms. The molecule has 1 aromatic heterocycles. The Labute approximate surface area is 350 Å². The molecule has 1 aliphatic rings. The summed E-state index contributed by atoms with van der Waals surface area (Å²) in [5.74, 6) is 0. The summed E-state index contributed by atoms with van der Waals surface area (Å²) in [7, 11) is 0. The van der Waals surface area contributed by atoms with Crippen molar-refractivity contribution in [3.63, 3.8) is 0 Å². The third-order valence-corrected chi connectivity index (χ3v) is 13.5. The van der Waals surface area contributed by atoms with Gasteiger partial charge in [0, 0.05) is 42.5 Å². The van der Waals surface area contributed by atoms with Crippen LogP contribution in [0.15, 0.2) is 212 Å². The van der Waals surface area contributed by atoms with Crippen LogP contribution in [0.5, 0.6) is 0 Å². The van der Waals surface area contributed by atoms with Crippen molar-refractivity contribution in [3.05, 3.63) is 223 Å². The summed E-state index contributed by atoms with van der Waals surface area (Å²) < 4.78 is 2.59. The standard InChI is InChI=1S/C57H41NS/c1-57(2)52-25-13-10-22-47(52)48-34-30-40(36-53(48)57)38-28-31-41(32-29-38)58(42-33-35-51-50-24-12-15-27-55(50)59-56(51)37-42)54-26-14-11-23-49(54)46-21-9-8-20-45(46)44-19-7-6-18-43(44)39-16-4-3-5-17-39/h3-37H,1-2H3. The van der Waals surface area contributed by atoms with Gasteiger partial charge in [0.2, 0.25) is 0 Å². The van der Waals surface area contributed by atoms with Crippen molar-refractivity contribution in [2.45, 2.75) is 19.3 Å². The van der Waals surface area contributed by atoms with Gasteiger partial charge in [-0.3, -0.25) is 0 Å². The molecule has 0 N–H and O–H groups in total. The molecule has 0 radical (unpaired) electrons. The number of para-hydroxylation sites is 1. The number of anilines is 3. The van der Waals surface area contributed by atoms with E-state index in [2.05, 4.69) is 231 Å². The molecule has 0 bridgehead atoms. The molecule has 0 atom stereocenters. The highest BCUT2D eigenvalue weighted by Crippen LogP contribution is 2.50. The molecule has 0 spiro atoms. The number of nitrogens with zero attached hydrogens (tertiary/aromatic N) is 1. The third kappa shape index (κ3) is 5.91. The van der Waals surface area contributed by atoms with E-state index in [1.165, 1.54) is 86.9 Å². The maximum absolute atomic E-state index is 2.45. The second-order valence-corrected chi connectivity index (χ2v) is 17.2. The molecule has 0 saturated carbocycles. The zero-order valence-electron chi connectivity index (χ0n) is 33.1. The van der Waals surface area contributed by atoms with E-state index in [0.29, 0.717) is 0 Å². The summed E-state index contributed by atoms with van der Waals surface area (Å²) in [4.78, 5) is 2.45. The Bertz CT molecular complexity index is 3190. The van der Waals surface area contributed by atoms with E-state index in [-0.39, 0.29) is 5.41 Å². The molecular formula is C57H41NS. The molecule has 9 aromatic carbocycles. The van der Waals surface area contributed by atoms with E-state index in [1.54, 1.807) is 0 Å². The van der Waals surface area contributed by atoms with Gasteiger partial charge in [0.1, 0.15) is 0 Å². The lowest BCUT2D eigenvalue weighted by Crippen LogP contribution is -2.14. The summed E-state index contributed by atoms with van der Waals surface area (Å²) in [6, 6.07) is 78.1. The Morgan fingerprint density at radius 3 is 1.66 bits per heavy atom. The Morgan fingerprint density at radius 2 is 0.881 bits per heavy atom. The SMILES string of the molecule is CC1(C)c2ccccc2-c2ccc(-c3ccc(N(c4ccc5c(c4)sc4ccccc45)c4ccccc4-c4ccccc4-c4ccccc4-c4ccccc4)cc3)cc21. The molecule has 1 heterocycles. The first-order valence-corrected chi connectivity index (χ1v) is 21.2. The van der Waals surface area contributed by atoms with Gasteiger partial charge in [-0.15, -0.1) is 11.3 Å². The topological polar surface area (TPSA) is 3.24 Å². The molecule has 1 nitrogen and oxygen atoms in total. The van der Waals surface area contributed by atoms with E-state index >= 15 is 0 Å². The van der Waals surface area contributed by atoms with Crippen LogP contribution in [0, 0.1) is 0 Å². The van der Waals surface area contributed by atoms with Gasteiger partial charge in [-0.05, 0) is 104 Å². The van der Waals surface area contributed by atoms with E-state index < -0.39 is 0 Å². The number of hydrogen-bond acceptors (Lipinski definition) is 2. The fraction of sp³-hybridized carbons (Fsp3) is 0.0526. The second kappa shape index (κ2) is 14.1. The fourth-order valence-corrected chi connectivity index (χ4v) is 10.5. The van der Waals surface area contributed by atoms with Crippen LogP contribution in [0.3, 0.4) is 0 Å². The van der Waals surface area contributed by atoms with Crippen LogP contribution in [-0.4, -0.2) is 0 Å². The number of rotatable bonds is 7. The lowest BCUT2D eigenvalue weighted by molar-refractivity contribution is 0.660. The van der Waals surface area contributed by atoms with Crippen molar-refractivity contribution >= 4 is 48.6 Å². The highest BCUT2D eigenvalue weighted by molar-refractivity contribution is 7.25. The minimum Gasteiger partial charge on any atom is -0.310 e. The van der Waals surface area contributed by atoms with Crippen molar-refractivity contribution in [1.29, 1.82) is 0 Å². The van der Waals surface area contributed by atoms with Gasteiger partial charge in [-0.25, -0.2) is 0 Å². The first-order chi connectivity index (χ1) is 29.0. The van der Waals surface area contributed by atoms with Gasteiger partial charge in [-0.2, -0.15) is 0 Å². The highest BCUT2D eigenvalue weighted by atomic mass is 32.1. The van der Waals surface area contributed by atoms with Crippen LogP contribution >= 0.6 is 11.3 Å². The maximum Gasteiger partial charge on any atom is 0.0540 e. The molecule has 0 saturated heterocycles. The number of benzene rings is 9. The summed E-state index contributed by atoms with van der Waals surface area (Å²) in [5.41, 5.74) is 18.5. The minimum absolute atomic E-state index is 0.0501. The summed E-state index contributed by atoms with van der Waals surface area (Å²) >= 11 is 1.86. The lowest BCUT2D eigenvalue weighted by atomic mass is 9.81. The molecule has 1 aliphatic carbocycles. The molecule has 0 fully saturated rings. The van der Waals surface area contributed by atoms with Gasteiger partial charge in [0.25, 0.3) is 0 Å². The van der Waals surface area contributed by atoms with E-state index in [0.717, 1.165) is 17.1 Å². The molecule has 10 aromatic rings. The summed E-state index contributed by atoms with van der Waals surface area (Å²) in [6.07, 6.45) is 0. The Balaban J connectivity index is 1.06. The van der Waals surface area contributed by atoms with Crippen LogP contribution in [0.25, 0.3) is 75.8 Å². The van der Waals surface area contributed by atoms with Crippen molar-refractivity contribution in [3.8, 4) is 55.6 Å². The quantitative estimate of drug-likeness (QED) is 0.156. The fourth-order valence-electron chi connectivity index (χ4n) is 9.40. The molecular weight excluding hydrogens is 731 g/mol. The average molecular weight is 772 g/mol. The number of thiophene rings is 1. The van der Waals surface area contributed by atoms with Gasteiger partial charge in [0.05, 0.1) is 5.69 Å². The van der Waals surface area contributed by atoms with Crippen LogP contribution < -0.4 is 4.90 Å². The zero-order valence-corrected chi connectivity index (χ0v) is 33.9. The monoisotopic (exact) mass is 771 g/mol. The summed E-state index contributed by atoms with van der Waals surface area (Å²) in [5, 5.41) is 2.60. The van der Waals surface area contributed by atoms with Crippen molar-refractivity contribution in [2.24, 2.45) is 0 Å². The zero-order chi connectivity index (χ0) is 39.5. The smallest absolute Gasteiger partial charge is 0.0540 e. The lowest BCUT2D eigenvalue weighted by Gasteiger charge is -2.29. The minimum atomic E-state index is -0.0501. The number of fused-ring (bicyclic) bond motifs is 6. The van der Waals surface area contributed by atoms with Crippen LogP contribution in [0.2, 0.25) is 0 Å². The van der Waals surface area contributed by atoms with Crippen LogP contribution in [-0.2, 0) is 5.41 Å². The Hall–Kier alpha value is -7.00. The molecule has 280 valence electrons. The molecule has 0 unspecified atom stereocenters. The highest BCUT2D eigenvalue weighted by Gasteiger charge is 2.35. The van der Waals surface area contributed by atoms with Crippen LogP contribution in [0.1, 0.15) is 25.0 Å². The first kappa shape index (κ1) is 35.2. The van der Waals surface area contributed by atoms with Gasteiger partial charge in [-0.1, -0.05) is 184 Å². The predicted molar refractivity (Wildman–Crippen MR) is 253 cm³/mol. The molecule has 0 aliphatic heterocycles. The third-order valence-electron chi connectivity index (χ3n) is 12.3. The second-order valence-electron chi connectivity index (χ2n) is 16.1. The number of hydrogen-bond donors (Lipinski definition) is 0. The first-order valence-electron chi connectivity index (χ1n) is 20.4. The normalized spacial score (nSPS) is 12.7. The van der Waals surface area contributed by atoms with Crippen LogP contribution in [0.4, 0.5) is 17.1 Å². The van der Waals surface area contributed by atoms with E-state index in [4.69, 9.17) is 0 Å². The van der Waals surface area contributed by atoms with E-state index in [1.807, 2.05) is 11.3 Å². The molecule has 59 heavy (non-hydrogen) atoms. The average Bonchev–Trinajstić information content (AvgIpc) is 3.78.